The molecule has 2 aromatic carbocycles. The summed E-state index contributed by atoms with van der Waals surface area (Å²) in [5.74, 6) is -0.0925. The number of H-pyrrole nitrogens is 1. The number of nitrogens with one attached hydrogen (secondary N) is 2. The van der Waals surface area contributed by atoms with Gasteiger partial charge in [0, 0.05) is 41.0 Å². The Morgan fingerprint density at radius 1 is 1.00 bits per heavy atom. The molecule has 1 amide bonds. The molecule has 0 unspecified atom stereocenters. The van der Waals surface area contributed by atoms with Gasteiger partial charge in [-0.2, -0.15) is 0 Å². The molecule has 4 aromatic rings. The number of amides is 1. The lowest BCUT2D eigenvalue weighted by Crippen LogP contribution is -2.22. The second kappa shape index (κ2) is 7.80. The summed E-state index contributed by atoms with van der Waals surface area (Å²) >= 11 is 0. The molecule has 0 atom stereocenters. The number of aryl methyl sites for hydroxylation is 2. The van der Waals surface area contributed by atoms with Crippen molar-refractivity contribution in [3.05, 3.63) is 105 Å². The highest BCUT2D eigenvalue weighted by Gasteiger charge is 2.10. The van der Waals surface area contributed by atoms with E-state index < -0.39 is 0 Å². The highest BCUT2D eigenvalue weighted by atomic mass is 16.1. The third kappa shape index (κ3) is 3.99. The minimum atomic E-state index is -0.0925. The fourth-order valence-electron chi connectivity index (χ4n) is 3.44. The van der Waals surface area contributed by atoms with Gasteiger partial charge in [-0.1, -0.05) is 30.3 Å². The minimum Gasteiger partial charge on any atom is -0.358 e. The van der Waals surface area contributed by atoms with Crippen LogP contribution in [0.1, 0.15) is 32.7 Å². The summed E-state index contributed by atoms with van der Waals surface area (Å²) in [7, 11) is 0. The summed E-state index contributed by atoms with van der Waals surface area (Å²) in [6.07, 6.45) is 1.78. The van der Waals surface area contributed by atoms with Crippen LogP contribution >= 0.6 is 0 Å². The number of carbonyl (C=O) groups is 1. The van der Waals surface area contributed by atoms with Crippen molar-refractivity contribution in [1.29, 1.82) is 0 Å². The molecule has 0 spiro atoms. The van der Waals surface area contributed by atoms with E-state index in [1.165, 1.54) is 5.56 Å². The normalized spacial score (nSPS) is 11.0. The molecule has 2 N–H and O–H groups in total. The Bertz CT molecular complexity index is 1230. The first-order valence-corrected chi connectivity index (χ1v) is 9.62. The Morgan fingerprint density at radius 2 is 1.76 bits per heavy atom. The van der Waals surface area contributed by atoms with Crippen molar-refractivity contribution in [3.63, 3.8) is 0 Å². The summed E-state index contributed by atoms with van der Waals surface area (Å²) in [4.78, 5) is 27.7. The highest BCUT2D eigenvalue weighted by Crippen LogP contribution is 2.22. The lowest BCUT2D eigenvalue weighted by atomic mass is 10.1. The molecular weight excluding hydrogens is 362 g/mol. The second-order valence-electron chi connectivity index (χ2n) is 7.30. The molecule has 0 aliphatic heterocycles. The number of fused-ring (bicyclic) bond motifs is 1. The van der Waals surface area contributed by atoms with Crippen LogP contribution in [0.2, 0.25) is 0 Å². The molecule has 5 nitrogen and oxygen atoms in total. The van der Waals surface area contributed by atoms with Gasteiger partial charge in [-0.3, -0.25) is 9.59 Å². The maximum Gasteiger partial charge on any atom is 0.251 e. The summed E-state index contributed by atoms with van der Waals surface area (Å²) in [6.45, 7) is 5.07. The van der Waals surface area contributed by atoms with Crippen molar-refractivity contribution in [2.45, 2.75) is 26.9 Å². The predicted molar refractivity (Wildman–Crippen MR) is 115 cm³/mol. The van der Waals surface area contributed by atoms with Gasteiger partial charge in [0.25, 0.3) is 11.5 Å². The summed E-state index contributed by atoms with van der Waals surface area (Å²) in [6, 6.07) is 18.8. The van der Waals surface area contributed by atoms with E-state index in [9.17, 15) is 9.59 Å². The first-order valence-electron chi connectivity index (χ1n) is 9.62. The number of hydrogen-bond donors (Lipinski definition) is 2. The van der Waals surface area contributed by atoms with Crippen molar-refractivity contribution in [3.8, 4) is 0 Å². The Balaban J connectivity index is 1.41. The number of pyridine rings is 1. The van der Waals surface area contributed by atoms with Gasteiger partial charge in [0.15, 0.2) is 0 Å². The monoisotopic (exact) mass is 385 g/mol. The number of aromatic amines is 1. The smallest absolute Gasteiger partial charge is 0.251 e. The average Bonchev–Trinajstić information content (AvgIpc) is 3.02. The van der Waals surface area contributed by atoms with Crippen LogP contribution in [0.5, 0.6) is 0 Å². The maximum absolute atomic E-state index is 12.6. The van der Waals surface area contributed by atoms with Gasteiger partial charge in [-0.25, -0.2) is 0 Å². The van der Waals surface area contributed by atoms with Crippen LogP contribution in [0.3, 0.4) is 0 Å². The van der Waals surface area contributed by atoms with Gasteiger partial charge in [-0.05, 0) is 54.8 Å². The molecule has 5 heteroatoms. The molecule has 0 radical (unpaired) electrons. The Morgan fingerprint density at radius 3 is 2.52 bits per heavy atom. The van der Waals surface area contributed by atoms with Crippen LogP contribution in [0.15, 0.2) is 71.7 Å². The Hall–Kier alpha value is -3.60. The fraction of sp³-hybridized carbons (Fsp3) is 0.167. The Labute approximate surface area is 169 Å². The lowest BCUT2D eigenvalue weighted by molar-refractivity contribution is 0.0951. The number of hydrogen-bond acceptors (Lipinski definition) is 2. The first kappa shape index (κ1) is 18.7. The molecule has 29 heavy (non-hydrogen) atoms. The predicted octanol–water partition coefficient (Wildman–Crippen LogP) is 3.92. The van der Waals surface area contributed by atoms with Gasteiger partial charge in [0.05, 0.1) is 6.54 Å². The second-order valence-corrected chi connectivity index (χ2v) is 7.30. The van der Waals surface area contributed by atoms with E-state index in [0.29, 0.717) is 18.7 Å². The van der Waals surface area contributed by atoms with E-state index >= 15 is 0 Å². The van der Waals surface area contributed by atoms with Crippen molar-refractivity contribution in [2.75, 3.05) is 0 Å². The number of nitrogens with zero attached hydrogens (tertiary/aromatic N) is 1. The van der Waals surface area contributed by atoms with Crippen LogP contribution in [-0.4, -0.2) is 15.5 Å². The first-order chi connectivity index (χ1) is 14.0. The molecule has 0 aliphatic carbocycles. The van der Waals surface area contributed by atoms with Crippen LogP contribution in [0, 0.1) is 13.8 Å². The van der Waals surface area contributed by atoms with Gasteiger partial charge < -0.3 is 14.9 Å². The van der Waals surface area contributed by atoms with E-state index in [0.717, 1.165) is 27.7 Å². The van der Waals surface area contributed by atoms with Gasteiger partial charge in [0.2, 0.25) is 0 Å². The third-order valence-corrected chi connectivity index (χ3v) is 5.30. The molecule has 0 saturated heterocycles. The van der Waals surface area contributed by atoms with E-state index in [4.69, 9.17) is 0 Å². The van der Waals surface area contributed by atoms with E-state index in [1.54, 1.807) is 22.9 Å². The Kier molecular flexibility index (Phi) is 5.04. The quantitative estimate of drug-likeness (QED) is 0.547. The molecule has 0 bridgehead atoms. The molecule has 2 aromatic heterocycles. The van der Waals surface area contributed by atoms with Crippen molar-refractivity contribution in [2.24, 2.45) is 0 Å². The molecular formula is C24H23N3O2. The van der Waals surface area contributed by atoms with E-state index in [-0.39, 0.29) is 11.5 Å². The molecule has 0 aliphatic rings. The topological polar surface area (TPSA) is 66.9 Å². The van der Waals surface area contributed by atoms with Crippen molar-refractivity contribution < 1.29 is 4.79 Å². The summed E-state index contributed by atoms with van der Waals surface area (Å²) in [5, 5.41) is 4.06. The fourth-order valence-corrected chi connectivity index (χ4v) is 3.44. The maximum atomic E-state index is 12.6. The average molecular weight is 385 g/mol. The van der Waals surface area contributed by atoms with Crippen LogP contribution in [0.4, 0.5) is 0 Å². The highest BCUT2D eigenvalue weighted by molar-refractivity contribution is 5.99. The zero-order valence-electron chi connectivity index (χ0n) is 16.5. The zero-order chi connectivity index (χ0) is 20.4. The zero-order valence-corrected chi connectivity index (χ0v) is 16.5. The molecule has 146 valence electrons. The number of aromatic nitrogens is 2. The molecule has 2 heterocycles. The van der Waals surface area contributed by atoms with Crippen molar-refractivity contribution in [1.82, 2.24) is 14.9 Å². The molecule has 0 saturated carbocycles. The number of rotatable bonds is 5. The molecule has 4 rings (SSSR count). The minimum absolute atomic E-state index is 0.0198. The van der Waals surface area contributed by atoms with Crippen LogP contribution in [-0.2, 0) is 13.1 Å². The number of carbonyl (C=O) groups excluding carboxylic acids is 1. The van der Waals surface area contributed by atoms with Gasteiger partial charge in [-0.15, -0.1) is 0 Å². The lowest BCUT2D eigenvalue weighted by Gasteiger charge is -2.08. The largest absolute Gasteiger partial charge is 0.358 e. The van der Waals surface area contributed by atoms with Crippen LogP contribution < -0.4 is 10.9 Å². The van der Waals surface area contributed by atoms with Gasteiger partial charge in [0.1, 0.15) is 0 Å². The molecule has 0 fully saturated rings. The number of benzene rings is 2. The van der Waals surface area contributed by atoms with Gasteiger partial charge >= 0.3 is 0 Å². The SMILES string of the molecule is Cc1[nH]c2ccc(C(=O)NCc3ccc(Cn4ccccc4=O)cc3)cc2c1C. The third-order valence-electron chi connectivity index (χ3n) is 5.30. The van der Waals surface area contributed by atoms with Crippen molar-refractivity contribution >= 4 is 16.8 Å². The summed E-state index contributed by atoms with van der Waals surface area (Å²) < 4.78 is 1.66. The van der Waals surface area contributed by atoms with Crippen LogP contribution in [0.25, 0.3) is 10.9 Å². The van der Waals surface area contributed by atoms with E-state index in [2.05, 4.69) is 17.2 Å². The summed E-state index contributed by atoms with van der Waals surface area (Å²) in [5.41, 5.74) is 6.02. The standard InChI is InChI=1S/C24H23N3O2/c1-16-17(2)26-22-11-10-20(13-21(16)22)24(29)25-14-18-6-8-19(9-7-18)15-27-12-4-3-5-23(27)28/h3-13,26H,14-15H2,1-2H3,(H,25,29). The van der Waals surface area contributed by atoms with E-state index in [1.807, 2.05) is 55.5 Å².